The lowest BCUT2D eigenvalue weighted by molar-refractivity contribution is -0.161. The molecule has 0 spiro atoms. The first kappa shape index (κ1) is 46.5. The molecular formula is C36H70NO10P. The van der Waals surface area contributed by atoms with E-state index in [0.29, 0.717) is 12.8 Å². The summed E-state index contributed by atoms with van der Waals surface area (Å²) >= 11 is 0. The smallest absolute Gasteiger partial charge is 0.472 e. The number of phosphoric acid groups is 1. The number of rotatable bonds is 36. The monoisotopic (exact) mass is 707 g/mol. The number of ether oxygens (including phenoxy) is 2. The van der Waals surface area contributed by atoms with Crippen molar-refractivity contribution in [2.24, 2.45) is 5.73 Å². The van der Waals surface area contributed by atoms with Crippen molar-refractivity contribution in [3.63, 3.8) is 0 Å². The van der Waals surface area contributed by atoms with Crippen LogP contribution in [0.2, 0.25) is 0 Å². The molecule has 3 unspecified atom stereocenters. The molecule has 0 saturated carbocycles. The molecule has 12 heteroatoms. The molecule has 0 fully saturated rings. The molecule has 0 heterocycles. The maximum atomic E-state index is 12.5. The maximum absolute atomic E-state index is 12.5. The van der Waals surface area contributed by atoms with E-state index in [-0.39, 0.29) is 19.4 Å². The van der Waals surface area contributed by atoms with Gasteiger partial charge in [-0.25, -0.2) is 4.57 Å². The number of carboxylic acid groups (broad SMARTS) is 1. The van der Waals surface area contributed by atoms with Crippen LogP contribution in [-0.2, 0) is 37.5 Å². The number of unbranched alkanes of at least 4 members (excludes halogenated alkanes) is 22. The summed E-state index contributed by atoms with van der Waals surface area (Å²) in [6.07, 6.45) is 27.5. The van der Waals surface area contributed by atoms with E-state index in [2.05, 4.69) is 18.4 Å². The van der Waals surface area contributed by atoms with E-state index in [4.69, 9.17) is 24.8 Å². The number of aliphatic carboxylic acids is 1. The number of hydrogen-bond acceptors (Lipinski definition) is 9. The SMILES string of the molecule is CCCCCCCCCCCCCCCCC(=O)OC(COC(=O)CCCCCCCCCCCC)COP(=O)(O)OCC(N)C(=O)O. The van der Waals surface area contributed by atoms with Crippen molar-refractivity contribution in [3.8, 4) is 0 Å². The molecule has 0 aliphatic rings. The molecular weight excluding hydrogens is 637 g/mol. The van der Waals surface area contributed by atoms with Crippen LogP contribution < -0.4 is 5.73 Å². The molecule has 11 nitrogen and oxygen atoms in total. The minimum absolute atomic E-state index is 0.168. The third kappa shape index (κ3) is 31.7. The van der Waals surface area contributed by atoms with E-state index in [1.807, 2.05) is 0 Å². The summed E-state index contributed by atoms with van der Waals surface area (Å²) in [5, 5.41) is 8.85. The molecule has 0 saturated heterocycles. The molecule has 0 radical (unpaired) electrons. The summed E-state index contributed by atoms with van der Waals surface area (Å²) in [4.78, 5) is 45.6. The summed E-state index contributed by atoms with van der Waals surface area (Å²) < 4.78 is 32.5. The van der Waals surface area contributed by atoms with Gasteiger partial charge in [0, 0.05) is 12.8 Å². The molecule has 4 N–H and O–H groups in total. The summed E-state index contributed by atoms with van der Waals surface area (Å²) in [5.41, 5.74) is 5.31. The van der Waals surface area contributed by atoms with Crippen LogP contribution in [0.1, 0.15) is 181 Å². The third-order valence-electron chi connectivity index (χ3n) is 8.36. The van der Waals surface area contributed by atoms with Crippen LogP contribution in [0, 0.1) is 0 Å². The lowest BCUT2D eigenvalue weighted by atomic mass is 10.0. The van der Waals surface area contributed by atoms with Gasteiger partial charge in [0.05, 0.1) is 13.2 Å². The fourth-order valence-corrected chi connectivity index (χ4v) is 6.08. The zero-order chi connectivity index (χ0) is 35.7. The first-order valence-corrected chi connectivity index (χ1v) is 20.6. The number of carboxylic acids is 1. The van der Waals surface area contributed by atoms with Gasteiger partial charge in [0.25, 0.3) is 0 Å². The van der Waals surface area contributed by atoms with E-state index in [1.54, 1.807) is 0 Å². The third-order valence-corrected chi connectivity index (χ3v) is 9.31. The molecule has 48 heavy (non-hydrogen) atoms. The Bertz CT molecular complexity index is 844. The first-order valence-electron chi connectivity index (χ1n) is 19.1. The number of carbonyl (C=O) groups excluding carboxylic acids is 2. The van der Waals surface area contributed by atoms with Crippen molar-refractivity contribution < 1.29 is 47.5 Å². The maximum Gasteiger partial charge on any atom is 0.472 e. The van der Waals surface area contributed by atoms with Gasteiger partial charge < -0.3 is 25.2 Å². The Balaban J connectivity index is 4.41. The molecule has 0 aliphatic heterocycles. The summed E-state index contributed by atoms with van der Waals surface area (Å²) in [6.45, 7) is 2.78. The van der Waals surface area contributed by atoms with Crippen LogP contribution in [0.3, 0.4) is 0 Å². The molecule has 0 aromatic carbocycles. The highest BCUT2D eigenvalue weighted by atomic mass is 31.2. The second kappa shape index (κ2) is 32.7. The highest BCUT2D eigenvalue weighted by Gasteiger charge is 2.28. The molecule has 284 valence electrons. The quantitative estimate of drug-likeness (QED) is 0.0322. The Morgan fingerprint density at radius 3 is 1.31 bits per heavy atom. The highest BCUT2D eigenvalue weighted by Crippen LogP contribution is 2.43. The van der Waals surface area contributed by atoms with Gasteiger partial charge >= 0.3 is 25.7 Å². The summed E-state index contributed by atoms with van der Waals surface area (Å²) in [5.74, 6) is -2.37. The minimum Gasteiger partial charge on any atom is -0.480 e. The van der Waals surface area contributed by atoms with Gasteiger partial charge in [-0.2, -0.15) is 0 Å². The predicted octanol–water partition coefficient (Wildman–Crippen LogP) is 9.17. The second-order valence-electron chi connectivity index (χ2n) is 13.1. The van der Waals surface area contributed by atoms with Gasteiger partial charge in [0.1, 0.15) is 12.6 Å². The Morgan fingerprint density at radius 1 is 0.562 bits per heavy atom. The van der Waals surface area contributed by atoms with Crippen molar-refractivity contribution in [2.75, 3.05) is 19.8 Å². The number of phosphoric ester groups is 1. The standard InChI is InChI=1S/C36H70NO10P/c1-3-5-7-9-11-13-15-16-17-18-20-22-24-26-28-35(39)47-32(30-45-48(42,43)46-31-33(37)36(40)41)29-44-34(38)27-25-23-21-19-14-12-10-8-6-4-2/h32-33H,3-31,37H2,1-2H3,(H,40,41)(H,42,43). The van der Waals surface area contributed by atoms with Gasteiger partial charge in [-0.3, -0.25) is 23.4 Å². The van der Waals surface area contributed by atoms with Crippen molar-refractivity contribution >= 4 is 25.7 Å². The molecule has 0 aliphatic carbocycles. The average molecular weight is 708 g/mol. The van der Waals surface area contributed by atoms with E-state index in [0.717, 1.165) is 38.5 Å². The fraction of sp³-hybridized carbons (Fsp3) is 0.917. The zero-order valence-electron chi connectivity index (χ0n) is 30.3. The molecule has 0 amide bonds. The largest absolute Gasteiger partial charge is 0.480 e. The lowest BCUT2D eigenvalue weighted by Crippen LogP contribution is -2.34. The molecule has 0 rings (SSSR count). The average Bonchev–Trinajstić information content (AvgIpc) is 3.05. The van der Waals surface area contributed by atoms with Crippen LogP contribution in [-0.4, -0.2) is 59.9 Å². The minimum atomic E-state index is -4.70. The molecule has 0 aromatic heterocycles. The highest BCUT2D eigenvalue weighted by molar-refractivity contribution is 7.47. The summed E-state index contributed by atoms with van der Waals surface area (Å²) in [6, 6.07) is -1.51. The fourth-order valence-electron chi connectivity index (χ4n) is 5.30. The Hall–Kier alpha value is -1.52. The van der Waals surface area contributed by atoms with Gasteiger partial charge in [0.2, 0.25) is 0 Å². The van der Waals surface area contributed by atoms with E-state index < -0.39 is 51.1 Å². The number of esters is 2. The number of nitrogens with two attached hydrogens (primary N) is 1. The van der Waals surface area contributed by atoms with Crippen LogP contribution >= 0.6 is 7.82 Å². The first-order chi connectivity index (χ1) is 23.1. The zero-order valence-corrected chi connectivity index (χ0v) is 31.2. The van der Waals surface area contributed by atoms with Gasteiger partial charge in [0.15, 0.2) is 6.10 Å². The molecule has 0 bridgehead atoms. The van der Waals surface area contributed by atoms with Crippen molar-refractivity contribution in [2.45, 2.75) is 193 Å². The van der Waals surface area contributed by atoms with E-state index in [1.165, 1.54) is 103 Å². The van der Waals surface area contributed by atoms with Crippen molar-refractivity contribution in [1.82, 2.24) is 0 Å². The lowest BCUT2D eigenvalue weighted by Gasteiger charge is -2.20. The topological polar surface area (TPSA) is 172 Å². The Kier molecular flexibility index (Phi) is 31.6. The predicted molar refractivity (Wildman–Crippen MR) is 190 cm³/mol. The van der Waals surface area contributed by atoms with Crippen molar-refractivity contribution in [3.05, 3.63) is 0 Å². The Morgan fingerprint density at radius 2 is 0.917 bits per heavy atom. The number of hydrogen-bond donors (Lipinski definition) is 3. The van der Waals surface area contributed by atoms with Gasteiger partial charge in [-0.05, 0) is 12.8 Å². The van der Waals surface area contributed by atoms with Gasteiger partial charge in [-0.15, -0.1) is 0 Å². The van der Waals surface area contributed by atoms with Crippen molar-refractivity contribution in [1.29, 1.82) is 0 Å². The Labute approximate surface area is 291 Å². The van der Waals surface area contributed by atoms with Crippen LogP contribution in [0.25, 0.3) is 0 Å². The molecule has 3 atom stereocenters. The summed E-state index contributed by atoms with van der Waals surface area (Å²) in [7, 11) is -4.70. The van der Waals surface area contributed by atoms with Crippen LogP contribution in [0.4, 0.5) is 0 Å². The normalized spacial score (nSPS) is 13.9. The van der Waals surface area contributed by atoms with Gasteiger partial charge in [-0.1, -0.05) is 155 Å². The van der Waals surface area contributed by atoms with Crippen LogP contribution in [0.5, 0.6) is 0 Å². The van der Waals surface area contributed by atoms with E-state index >= 15 is 0 Å². The van der Waals surface area contributed by atoms with E-state index in [9.17, 15) is 23.8 Å². The van der Waals surface area contributed by atoms with Crippen LogP contribution in [0.15, 0.2) is 0 Å². The molecule has 0 aromatic rings. The second-order valence-corrected chi connectivity index (χ2v) is 14.5. The number of carbonyl (C=O) groups is 3.